The van der Waals surface area contributed by atoms with Gasteiger partial charge in [0.05, 0.1) is 11.5 Å². The second-order valence-electron chi connectivity index (χ2n) is 5.79. The van der Waals surface area contributed by atoms with Crippen molar-refractivity contribution in [3.8, 4) is 10.4 Å². The lowest BCUT2D eigenvalue weighted by Gasteiger charge is -2.07. The van der Waals surface area contributed by atoms with E-state index in [-0.39, 0.29) is 5.91 Å². The third kappa shape index (κ3) is 4.93. The Labute approximate surface area is 166 Å². The minimum Gasteiger partial charge on any atom is -0.321 e. The molecule has 0 unspecified atom stereocenters. The van der Waals surface area contributed by atoms with Crippen LogP contribution in [0.1, 0.15) is 27.7 Å². The molecule has 0 spiro atoms. The Morgan fingerprint density at radius 2 is 2.07 bits per heavy atom. The Hall–Kier alpha value is -2.25. The Morgan fingerprint density at radius 3 is 2.85 bits per heavy atom. The third-order valence-electron chi connectivity index (χ3n) is 3.82. The molecule has 0 aliphatic carbocycles. The molecular formula is C20H19ClN2O3S. The molecule has 1 N–H and O–H groups in total. The number of thiophene rings is 1. The van der Waals surface area contributed by atoms with Crippen LogP contribution in [0.15, 0.2) is 48.8 Å². The first-order valence-electron chi connectivity index (χ1n) is 8.43. The van der Waals surface area contributed by atoms with Crippen molar-refractivity contribution in [1.82, 2.24) is 4.98 Å². The van der Waals surface area contributed by atoms with E-state index in [4.69, 9.17) is 21.4 Å². The number of benzene rings is 1. The average molecular weight is 403 g/mol. The minimum absolute atomic E-state index is 0.160. The summed E-state index contributed by atoms with van der Waals surface area (Å²) in [5.41, 5.74) is 3.46. The molecule has 140 valence electrons. The van der Waals surface area contributed by atoms with E-state index in [2.05, 4.69) is 10.3 Å². The SMILES string of the molecule is CCOOCc1ccc(Cl)c(-c2ccc(C(=O)Nc3ccncc3C)s2)c1. The van der Waals surface area contributed by atoms with E-state index in [1.165, 1.54) is 11.3 Å². The summed E-state index contributed by atoms with van der Waals surface area (Å²) in [5.74, 6) is -0.160. The quantitative estimate of drug-likeness (QED) is 0.322. The molecule has 2 heterocycles. The Bertz CT molecular complexity index is 942. The molecule has 0 fully saturated rings. The standard InChI is InChI=1S/C20H19ClN2O3S/c1-3-25-26-12-14-4-5-16(21)15(10-14)18-6-7-19(27-18)20(24)23-17-8-9-22-11-13(17)2/h4-11H,3,12H2,1-2H3,(H,22,23,24). The number of carbonyl (C=O) groups excluding carboxylic acids is 1. The third-order valence-corrected chi connectivity index (χ3v) is 5.27. The monoisotopic (exact) mass is 402 g/mol. The minimum atomic E-state index is -0.160. The summed E-state index contributed by atoms with van der Waals surface area (Å²) in [6.45, 7) is 4.58. The fraction of sp³-hybridized carbons (Fsp3) is 0.200. The lowest BCUT2D eigenvalue weighted by Crippen LogP contribution is -2.11. The van der Waals surface area contributed by atoms with Crippen LogP contribution in [0.3, 0.4) is 0 Å². The summed E-state index contributed by atoms with van der Waals surface area (Å²) in [6, 6.07) is 11.1. The molecule has 0 saturated carbocycles. The number of aromatic nitrogens is 1. The number of carbonyl (C=O) groups is 1. The zero-order valence-corrected chi connectivity index (χ0v) is 16.6. The van der Waals surface area contributed by atoms with Gasteiger partial charge in [0.2, 0.25) is 0 Å². The smallest absolute Gasteiger partial charge is 0.265 e. The van der Waals surface area contributed by atoms with Gasteiger partial charge in [-0.05, 0) is 55.3 Å². The number of rotatable bonds is 7. The van der Waals surface area contributed by atoms with Crippen LogP contribution < -0.4 is 5.32 Å². The van der Waals surface area contributed by atoms with Crippen molar-refractivity contribution in [2.45, 2.75) is 20.5 Å². The van der Waals surface area contributed by atoms with E-state index >= 15 is 0 Å². The summed E-state index contributed by atoms with van der Waals surface area (Å²) in [5, 5.41) is 3.53. The van der Waals surface area contributed by atoms with E-state index in [1.807, 2.05) is 38.1 Å². The van der Waals surface area contributed by atoms with Crippen LogP contribution in [-0.4, -0.2) is 17.5 Å². The zero-order chi connectivity index (χ0) is 19.2. The van der Waals surface area contributed by atoms with Gasteiger partial charge in [-0.25, -0.2) is 9.78 Å². The molecule has 1 aromatic carbocycles. The van der Waals surface area contributed by atoms with Crippen molar-refractivity contribution in [2.75, 3.05) is 11.9 Å². The molecule has 1 amide bonds. The highest BCUT2D eigenvalue weighted by Crippen LogP contribution is 2.34. The largest absolute Gasteiger partial charge is 0.321 e. The molecule has 0 radical (unpaired) electrons. The number of halogens is 1. The Kier molecular flexibility index (Phi) is 6.58. The molecule has 0 bridgehead atoms. The molecule has 7 heteroatoms. The van der Waals surface area contributed by atoms with Crippen molar-refractivity contribution < 1.29 is 14.6 Å². The molecule has 5 nitrogen and oxygen atoms in total. The van der Waals surface area contributed by atoms with Crippen LogP contribution in [0.5, 0.6) is 0 Å². The van der Waals surface area contributed by atoms with Crippen molar-refractivity contribution in [3.05, 3.63) is 69.8 Å². The number of hydrogen-bond acceptors (Lipinski definition) is 5. The summed E-state index contributed by atoms with van der Waals surface area (Å²) < 4.78 is 0. The van der Waals surface area contributed by atoms with Gasteiger partial charge in [-0.1, -0.05) is 17.7 Å². The number of anilines is 1. The van der Waals surface area contributed by atoms with Gasteiger partial charge in [-0.2, -0.15) is 0 Å². The second-order valence-corrected chi connectivity index (χ2v) is 7.28. The predicted octanol–water partition coefficient (Wildman–Crippen LogP) is 5.49. The highest BCUT2D eigenvalue weighted by molar-refractivity contribution is 7.17. The number of nitrogens with one attached hydrogen (secondary N) is 1. The summed E-state index contributed by atoms with van der Waals surface area (Å²) in [7, 11) is 0. The van der Waals surface area contributed by atoms with Crippen LogP contribution in [0.25, 0.3) is 10.4 Å². The Morgan fingerprint density at radius 1 is 1.22 bits per heavy atom. The molecule has 3 rings (SSSR count). The van der Waals surface area contributed by atoms with Crippen molar-refractivity contribution in [2.24, 2.45) is 0 Å². The summed E-state index contributed by atoms with van der Waals surface area (Å²) in [6.07, 6.45) is 3.36. The maximum absolute atomic E-state index is 12.5. The van der Waals surface area contributed by atoms with Crippen LogP contribution in [-0.2, 0) is 16.4 Å². The van der Waals surface area contributed by atoms with Gasteiger partial charge in [0.25, 0.3) is 5.91 Å². The van der Waals surface area contributed by atoms with Crippen molar-refractivity contribution >= 4 is 34.5 Å². The van der Waals surface area contributed by atoms with E-state index < -0.39 is 0 Å². The number of nitrogens with zero attached hydrogens (tertiary/aromatic N) is 1. The fourth-order valence-electron chi connectivity index (χ4n) is 2.45. The fourth-order valence-corrected chi connectivity index (χ4v) is 3.65. The number of amides is 1. The molecule has 0 aliphatic heterocycles. The van der Waals surface area contributed by atoms with Crippen molar-refractivity contribution in [1.29, 1.82) is 0 Å². The van der Waals surface area contributed by atoms with Gasteiger partial charge in [-0.15, -0.1) is 11.3 Å². The molecular weight excluding hydrogens is 384 g/mol. The maximum atomic E-state index is 12.5. The Balaban J connectivity index is 1.78. The first-order chi connectivity index (χ1) is 13.1. The van der Waals surface area contributed by atoms with Gasteiger partial charge in [0.15, 0.2) is 0 Å². The van der Waals surface area contributed by atoms with Crippen LogP contribution in [0.4, 0.5) is 5.69 Å². The maximum Gasteiger partial charge on any atom is 0.265 e. The highest BCUT2D eigenvalue weighted by Gasteiger charge is 2.14. The predicted molar refractivity (Wildman–Crippen MR) is 108 cm³/mol. The van der Waals surface area contributed by atoms with E-state index in [0.29, 0.717) is 23.1 Å². The van der Waals surface area contributed by atoms with E-state index in [9.17, 15) is 4.79 Å². The van der Waals surface area contributed by atoms with E-state index in [0.717, 1.165) is 27.3 Å². The summed E-state index contributed by atoms with van der Waals surface area (Å²) in [4.78, 5) is 28.1. The average Bonchev–Trinajstić information content (AvgIpc) is 3.15. The van der Waals surface area contributed by atoms with Gasteiger partial charge >= 0.3 is 0 Å². The highest BCUT2D eigenvalue weighted by atomic mass is 35.5. The topological polar surface area (TPSA) is 60.5 Å². The molecule has 0 atom stereocenters. The van der Waals surface area contributed by atoms with Gasteiger partial charge < -0.3 is 5.32 Å². The molecule has 27 heavy (non-hydrogen) atoms. The number of pyridine rings is 1. The van der Waals surface area contributed by atoms with Crippen molar-refractivity contribution in [3.63, 3.8) is 0 Å². The van der Waals surface area contributed by atoms with Gasteiger partial charge in [0.1, 0.15) is 6.61 Å². The summed E-state index contributed by atoms with van der Waals surface area (Å²) >= 11 is 7.74. The zero-order valence-electron chi connectivity index (χ0n) is 15.0. The van der Waals surface area contributed by atoms with E-state index in [1.54, 1.807) is 24.5 Å². The van der Waals surface area contributed by atoms with Crippen LogP contribution in [0, 0.1) is 6.92 Å². The molecule has 0 aliphatic rings. The molecule has 2 aromatic heterocycles. The lowest BCUT2D eigenvalue weighted by atomic mass is 10.1. The molecule has 0 saturated heterocycles. The number of hydrogen-bond donors (Lipinski definition) is 1. The number of aryl methyl sites for hydroxylation is 1. The first-order valence-corrected chi connectivity index (χ1v) is 9.63. The molecule has 3 aromatic rings. The van der Waals surface area contributed by atoms with Crippen LogP contribution >= 0.6 is 22.9 Å². The normalized spacial score (nSPS) is 10.8. The van der Waals surface area contributed by atoms with Crippen LogP contribution in [0.2, 0.25) is 5.02 Å². The second kappa shape index (κ2) is 9.10. The first kappa shape index (κ1) is 19.5. The van der Waals surface area contributed by atoms with Gasteiger partial charge in [-0.3, -0.25) is 9.78 Å². The lowest BCUT2D eigenvalue weighted by molar-refractivity contribution is -0.300. The van der Waals surface area contributed by atoms with Gasteiger partial charge in [0, 0.05) is 33.5 Å².